The van der Waals surface area contributed by atoms with Gasteiger partial charge in [-0.3, -0.25) is 4.79 Å². The van der Waals surface area contributed by atoms with Gasteiger partial charge in [-0.05, 0) is 18.4 Å². The fourth-order valence-electron chi connectivity index (χ4n) is 2.28. The first kappa shape index (κ1) is 18.9. The van der Waals surface area contributed by atoms with Gasteiger partial charge in [-0.2, -0.15) is 0 Å². The van der Waals surface area contributed by atoms with Crippen LogP contribution < -0.4 is 5.73 Å². The third kappa shape index (κ3) is 5.14. The fraction of sp³-hybridized carbons (Fsp3) is 0.562. The SMILES string of the molecule is CCCN(CCC)C(=O)C(C)C(N)c1ccccc1.Cl. The molecule has 0 aliphatic rings. The number of nitrogens with two attached hydrogens (primary N) is 1. The van der Waals surface area contributed by atoms with Crippen LogP contribution >= 0.6 is 12.4 Å². The maximum Gasteiger partial charge on any atom is 0.227 e. The summed E-state index contributed by atoms with van der Waals surface area (Å²) in [4.78, 5) is 14.4. The highest BCUT2D eigenvalue weighted by Gasteiger charge is 2.25. The number of rotatable bonds is 7. The molecule has 1 amide bonds. The molecule has 0 aliphatic carbocycles. The average Bonchev–Trinajstić information content (AvgIpc) is 2.45. The number of carbonyl (C=O) groups is 1. The molecule has 0 spiro atoms. The summed E-state index contributed by atoms with van der Waals surface area (Å²) in [7, 11) is 0. The van der Waals surface area contributed by atoms with Gasteiger partial charge in [0.25, 0.3) is 0 Å². The highest BCUT2D eigenvalue weighted by Crippen LogP contribution is 2.21. The first-order valence-electron chi connectivity index (χ1n) is 7.21. The predicted molar refractivity (Wildman–Crippen MR) is 86.9 cm³/mol. The van der Waals surface area contributed by atoms with Gasteiger partial charge in [0, 0.05) is 19.1 Å². The van der Waals surface area contributed by atoms with Crippen molar-refractivity contribution in [1.29, 1.82) is 0 Å². The second-order valence-corrected chi connectivity index (χ2v) is 5.05. The van der Waals surface area contributed by atoms with Gasteiger partial charge in [0.1, 0.15) is 0 Å². The minimum Gasteiger partial charge on any atom is -0.342 e. The maximum atomic E-state index is 12.5. The Kier molecular flexibility index (Phi) is 9.26. The Morgan fingerprint density at radius 1 is 1.15 bits per heavy atom. The van der Waals surface area contributed by atoms with Crippen LogP contribution in [0, 0.1) is 5.92 Å². The minimum atomic E-state index is -0.232. The van der Waals surface area contributed by atoms with E-state index in [1.54, 1.807) is 0 Å². The van der Waals surface area contributed by atoms with E-state index in [2.05, 4.69) is 13.8 Å². The Hall–Kier alpha value is -1.06. The number of amides is 1. The van der Waals surface area contributed by atoms with Gasteiger partial charge >= 0.3 is 0 Å². The molecular weight excluding hydrogens is 272 g/mol. The van der Waals surface area contributed by atoms with Crippen LogP contribution in [0.2, 0.25) is 0 Å². The molecule has 2 N–H and O–H groups in total. The lowest BCUT2D eigenvalue weighted by Gasteiger charge is -2.28. The lowest BCUT2D eigenvalue weighted by Crippen LogP contribution is -2.40. The lowest BCUT2D eigenvalue weighted by molar-refractivity contribution is -0.135. The molecule has 0 fully saturated rings. The van der Waals surface area contributed by atoms with Gasteiger partial charge in [0.15, 0.2) is 0 Å². The third-order valence-corrected chi connectivity index (χ3v) is 3.41. The Morgan fingerprint density at radius 3 is 2.10 bits per heavy atom. The summed E-state index contributed by atoms with van der Waals surface area (Å²) >= 11 is 0. The molecular formula is C16H27ClN2O. The predicted octanol–water partition coefficient (Wildman–Crippen LogP) is 3.39. The monoisotopic (exact) mass is 298 g/mol. The summed E-state index contributed by atoms with van der Waals surface area (Å²) in [5.74, 6) is -0.0134. The van der Waals surface area contributed by atoms with Crippen LogP contribution in [0.4, 0.5) is 0 Å². The van der Waals surface area contributed by atoms with Gasteiger partial charge in [-0.25, -0.2) is 0 Å². The van der Waals surface area contributed by atoms with Crippen LogP contribution in [0.3, 0.4) is 0 Å². The highest BCUT2D eigenvalue weighted by molar-refractivity contribution is 5.85. The van der Waals surface area contributed by atoms with Crippen molar-refractivity contribution in [3.63, 3.8) is 0 Å². The average molecular weight is 299 g/mol. The largest absolute Gasteiger partial charge is 0.342 e. The molecule has 0 radical (unpaired) electrons. The minimum absolute atomic E-state index is 0. The van der Waals surface area contributed by atoms with Crippen molar-refractivity contribution >= 4 is 18.3 Å². The van der Waals surface area contributed by atoms with Crippen molar-refractivity contribution in [1.82, 2.24) is 4.90 Å². The summed E-state index contributed by atoms with van der Waals surface area (Å²) in [6, 6.07) is 9.62. The molecule has 0 aliphatic heterocycles. The van der Waals surface area contributed by atoms with Gasteiger partial charge < -0.3 is 10.6 Å². The molecule has 1 aromatic rings. The van der Waals surface area contributed by atoms with Crippen LogP contribution in [-0.4, -0.2) is 23.9 Å². The van der Waals surface area contributed by atoms with Crippen molar-refractivity contribution in [3.05, 3.63) is 35.9 Å². The van der Waals surface area contributed by atoms with E-state index in [1.807, 2.05) is 42.2 Å². The van der Waals surface area contributed by atoms with E-state index in [-0.39, 0.29) is 30.3 Å². The van der Waals surface area contributed by atoms with E-state index in [0.29, 0.717) is 0 Å². The molecule has 0 bridgehead atoms. The van der Waals surface area contributed by atoms with Gasteiger partial charge in [-0.15, -0.1) is 12.4 Å². The molecule has 2 unspecified atom stereocenters. The number of carbonyl (C=O) groups excluding carboxylic acids is 1. The highest BCUT2D eigenvalue weighted by atomic mass is 35.5. The Morgan fingerprint density at radius 2 is 1.65 bits per heavy atom. The molecule has 2 atom stereocenters. The molecule has 0 saturated heterocycles. The van der Waals surface area contributed by atoms with Gasteiger partial charge in [0.05, 0.1) is 5.92 Å². The summed E-state index contributed by atoms with van der Waals surface area (Å²) < 4.78 is 0. The number of benzene rings is 1. The molecule has 20 heavy (non-hydrogen) atoms. The normalized spacial score (nSPS) is 13.2. The number of hydrogen-bond donors (Lipinski definition) is 1. The second-order valence-electron chi connectivity index (χ2n) is 5.05. The molecule has 0 aromatic heterocycles. The first-order chi connectivity index (χ1) is 9.11. The van der Waals surface area contributed by atoms with Crippen molar-refractivity contribution in [2.45, 2.75) is 39.7 Å². The smallest absolute Gasteiger partial charge is 0.227 e. The Labute approximate surface area is 128 Å². The van der Waals surface area contributed by atoms with Crippen LogP contribution in [-0.2, 0) is 4.79 Å². The number of halogens is 1. The lowest BCUT2D eigenvalue weighted by atomic mass is 9.94. The zero-order valence-electron chi connectivity index (χ0n) is 12.7. The van der Waals surface area contributed by atoms with Crippen molar-refractivity contribution < 1.29 is 4.79 Å². The van der Waals surface area contributed by atoms with E-state index >= 15 is 0 Å². The summed E-state index contributed by atoms with van der Waals surface area (Å²) in [6.45, 7) is 7.75. The molecule has 4 heteroatoms. The summed E-state index contributed by atoms with van der Waals surface area (Å²) in [5.41, 5.74) is 7.25. The van der Waals surface area contributed by atoms with Crippen LogP contribution in [0.15, 0.2) is 30.3 Å². The summed E-state index contributed by atoms with van der Waals surface area (Å²) in [5, 5.41) is 0. The topological polar surface area (TPSA) is 46.3 Å². The maximum absolute atomic E-state index is 12.5. The Balaban J connectivity index is 0.00000361. The van der Waals surface area contributed by atoms with Crippen LogP contribution in [0.1, 0.15) is 45.2 Å². The van der Waals surface area contributed by atoms with E-state index < -0.39 is 0 Å². The van der Waals surface area contributed by atoms with E-state index in [9.17, 15) is 4.79 Å². The molecule has 114 valence electrons. The first-order valence-corrected chi connectivity index (χ1v) is 7.21. The third-order valence-electron chi connectivity index (χ3n) is 3.41. The van der Waals surface area contributed by atoms with Gasteiger partial charge in [-0.1, -0.05) is 51.1 Å². The zero-order chi connectivity index (χ0) is 14.3. The molecule has 1 rings (SSSR count). The van der Waals surface area contributed by atoms with Gasteiger partial charge in [0.2, 0.25) is 5.91 Å². The van der Waals surface area contributed by atoms with Crippen molar-refractivity contribution in [2.24, 2.45) is 11.7 Å². The van der Waals surface area contributed by atoms with Crippen molar-refractivity contribution in [3.8, 4) is 0 Å². The number of nitrogens with zero attached hydrogens (tertiary/aromatic N) is 1. The van der Waals surface area contributed by atoms with Crippen LogP contribution in [0.25, 0.3) is 0 Å². The molecule has 0 saturated carbocycles. The quantitative estimate of drug-likeness (QED) is 0.838. The molecule has 1 aromatic carbocycles. The number of hydrogen-bond acceptors (Lipinski definition) is 2. The van der Waals surface area contributed by atoms with E-state index in [0.717, 1.165) is 31.5 Å². The van der Waals surface area contributed by atoms with E-state index in [1.165, 1.54) is 0 Å². The fourth-order valence-corrected chi connectivity index (χ4v) is 2.28. The standard InChI is InChI=1S/C16H26N2O.ClH/c1-4-11-18(12-5-2)16(19)13(3)15(17)14-9-7-6-8-10-14;/h6-10,13,15H,4-5,11-12,17H2,1-3H3;1H. The zero-order valence-corrected chi connectivity index (χ0v) is 13.5. The summed E-state index contributed by atoms with van der Waals surface area (Å²) in [6.07, 6.45) is 1.97. The Bertz CT molecular complexity index is 377. The molecule has 3 nitrogen and oxygen atoms in total. The van der Waals surface area contributed by atoms with E-state index in [4.69, 9.17) is 5.73 Å². The molecule has 0 heterocycles. The second kappa shape index (κ2) is 9.78. The van der Waals surface area contributed by atoms with Crippen molar-refractivity contribution in [2.75, 3.05) is 13.1 Å². The van der Waals surface area contributed by atoms with Crippen LogP contribution in [0.5, 0.6) is 0 Å².